The molecule has 2 aliphatic heterocycles. The van der Waals surface area contributed by atoms with Gasteiger partial charge < -0.3 is 21.5 Å². The van der Waals surface area contributed by atoms with Crippen molar-refractivity contribution < 1.29 is 9.53 Å². The first-order valence-electron chi connectivity index (χ1n) is 6.69. The molecule has 0 saturated carbocycles. The van der Waals surface area contributed by atoms with E-state index in [0.717, 1.165) is 5.69 Å². The minimum atomic E-state index is -0.615. The molecule has 112 valence electrons. The molecular weight excluding hydrogens is 286 g/mol. The highest BCUT2D eigenvalue weighted by molar-refractivity contribution is 5.96. The van der Waals surface area contributed by atoms with Gasteiger partial charge in [0.1, 0.15) is 11.9 Å². The van der Waals surface area contributed by atoms with Crippen LogP contribution in [0.5, 0.6) is 0 Å². The van der Waals surface area contributed by atoms with Crippen molar-refractivity contribution in [1.29, 1.82) is 0 Å². The second-order valence-corrected chi connectivity index (χ2v) is 5.05. The molecule has 4 rings (SSSR count). The number of carbonyl (C=O) groups is 1. The molecule has 0 unspecified atom stereocenters. The quantitative estimate of drug-likeness (QED) is 0.700. The lowest BCUT2D eigenvalue weighted by Crippen LogP contribution is -2.39. The number of carbonyl (C=O) groups excluding carboxylic acids is 1. The highest BCUT2D eigenvalue weighted by atomic mass is 16.5. The highest BCUT2D eigenvalue weighted by Gasteiger charge is 2.45. The fraction of sp³-hybridized carbons (Fsp3) is 0.231. The van der Waals surface area contributed by atoms with Gasteiger partial charge in [-0.1, -0.05) is 6.07 Å². The number of pyridine rings is 1. The Balaban J connectivity index is 1.84. The minimum absolute atomic E-state index is 0.0971. The van der Waals surface area contributed by atoms with E-state index in [1.54, 1.807) is 10.8 Å². The molecule has 0 saturated heterocycles. The van der Waals surface area contributed by atoms with Gasteiger partial charge >= 0.3 is 0 Å². The summed E-state index contributed by atoms with van der Waals surface area (Å²) in [4.78, 5) is 24.2. The SMILES string of the molecule is NC(=O)c1ncn2c1N[C@H](c1ccccn1)[C@H]1OC(N)=N[C@H]12. The highest BCUT2D eigenvalue weighted by Crippen LogP contribution is 2.41. The van der Waals surface area contributed by atoms with Crippen molar-refractivity contribution in [2.75, 3.05) is 5.32 Å². The Morgan fingerprint density at radius 1 is 1.36 bits per heavy atom. The predicted molar refractivity (Wildman–Crippen MR) is 76.9 cm³/mol. The summed E-state index contributed by atoms with van der Waals surface area (Å²) in [6.07, 6.45) is 2.40. The summed E-state index contributed by atoms with van der Waals surface area (Å²) in [5.74, 6) is -0.123. The lowest BCUT2D eigenvalue weighted by molar-refractivity contribution is 0.0994. The first-order valence-corrected chi connectivity index (χ1v) is 6.69. The van der Waals surface area contributed by atoms with Crippen LogP contribution in [0.1, 0.15) is 28.4 Å². The van der Waals surface area contributed by atoms with Crippen LogP contribution in [0, 0.1) is 0 Å². The Bertz CT molecular complexity index is 770. The van der Waals surface area contributed by atoms with Crippen molar-refractivity contribution in [2.45, 2.75) is 18.3 Å². The number of nitrogens with two attached hydrogens (primary N) is 2. The third kappa shape index (κ3) is 1.72. The second kappa shape index (κ2) is 4.45. The molecule has 0 radical (unpaired) electrons. The minimum Gasteiger partial charge on any atom is -0.455 e. The summed E-state index contributed by atoms with van der Waals surface area (Å²) in [6.45, 7) is 0. The first kappa shape index (κ1) is 12.6. The Morgan fingerprint density at radius 2 is 2.23 bits per heavy atom. The number of ether oxygens (including phenoxy) is 1. The van der Waals surface area contributed by atoms with E-state index in [4.69, 9.17) is 16.2 Å². The Kier molecular flexibility index (Phi) is 2.55. The summed E-state index contributed by atoms with van der Waals surface area (Å²) >= 11 is 0. The summed E-state index contributed by atoms with van der Waals surface area (Å²) in [7, 11) is 0. The molecule has 4 heterocycles. The molecule has 0 fully saturated rings. The van der Waals surface area contributed by atoms with Crippen molar-refractivity contribution >= 4 is 17.7 Å². The number of aromatic nitrogens is 3. The van der Waals surface area contributed by atoms with Gasteiger partial charge in [0.2, 0.25) is 0 Å². The van der Waals surface area contributed by atoms with Gasteiger partial charge in [0.25, 0.3) is 11.9 Å². The number of nitrogens with zero attached hydrogens (tertiary/aromatic N) is 4. The molecule has 3 atom stereocenters. The maximum absolute atomic E-state index is 11.5. The molecule has 2 aromatic rings. The molecule has 9 heteroatoms. The zero-order valence-corrected chi connectivity index (χ0v) is 11.4. The maximum Gasteiger partial charge on any atom is 0.284 e. The van der Waals surface area contributed by atoms with Crippen LogP contribution in [0.4, 0.5) is 5.82 Å². The molecule has 0 aromatic carbocycles. The fourth-order valence-corrected chi connectivity index (χ4v) is 2.81. The van der Waals surface area contributed by atoms with Crippen molar-refractivity contribution in [2.24, 2.45) is 16.5 Å². The zero-order chi connectivity index (χ0) is 15.3. The number of hydrogen-bond acceptors (Lipinski definition) is 7. The van der Waals surface area contributed by atoms with Crippen molar-refractivity contribution in [3.05, 3.63) is 42.1 Å². The lowest BCUT2D eigenvalue weighted by Gasteiger charge is -2.34. The molecule has 0 bridgehead atoms. The van der Waals surface area contributed by atoms with E-state index in [0.29, 0.717) is 5.82 Å². The van der Waals surface area contributed by atoms with Crippen molar-refractivity contribution in [3.8, 4) is 0 Å². The van der Waals surface area contributed by atoms with Gasteiger partial charge in [-0.3, -0.25) is 14.3 Å². The van der Waals surface area contributed by atoms with E-state index in [2.05, 4.69) is 20.3 Å². The largest absolute Gasteiger partial charge is 0.455 e. The number of fused-ring (bicyclic) bond motifs is 3. The van der Waals surface area contributed by atoms with Crippen LogP contribution < -0.4 is 16.8 Å². The fourth-order valence-electron chi connectivity index (χ4n) is 2.81. The molecule has 9 nitrogen and oxygen atoms in total. The van der Waals surface area contributed by atoms with Gasteiger partial charge in [-0.25, -0.2) is 9.98 Å². The van der Waals surface area contributed by atoms with Crippen LogP contribution >= 0.6 is 0 Å². The summed E-state index contributed by atoms with van der Waals surface area (Å²) in [5.41, 5.74) is 12.0. The van der Waals surface area contributed by atoms with E-state index >= 15 is 0 Å². The van der Waals surface area contributed by atoms with Crippen LogP contribution in [0.15, 0.2) is 35.7 Å². The number of imidazole rings is 1. The van der Waals surface area contributed by atoms with Crippen LogP contribution in [0.3, 0.4) is 0 Å². The molecule has 2 aromatic heterocycles. The van der Waals surface area contributed by atoms with Crippen LogP contribution in [0.2, 0.25) is 0 Å². The van der Waals surface area contributed by atoms with Gasteiger partial charge in [0, 0.05) is 6.20 Å². The van der Waals surface area contributed by atoms with Crippen molar-refractivity contribution in [1.82, 2.24) is 14.5 Å². The zero-order valence-electron chi connectivity index (χ0n) is 11.4. The number of anilines is 1. The van der Waals surface area contributed by atoms with E-state index in [-0.39, 0.29) is 23.9 Å². The number of nitrogens with one attached hydrogen (secondary N) is 1. The third-order valence-electron chi connectivity index (χ3n) is 3.75. The predicted octanol–water partition coefficient (Wildman–Crippen LogP) is -0.244. The van der Waals surface area contributed by atoms with Crippen LogP contribution in [0.25, 0.3) is 0 Å². The molecule has 1 amide bonds. The number of rotatable bonds is 2. The number of amidine groups is 1. The molecule has 22 heavy (non-hydrogen) atoms. The number of amides is 1. The van der Waals surface area contributed by atoms with Gasteiger partial charge in [-0.15, -0.1) is 0 Å². The van der Waals surface area contributed by atoms with Gasteiger partial charge in [0.15, 0.2) is 18.0 Å². The van der Waals surface area contributed by atoms with E-state index in [9.17, 15) is 4.79 Å². The molecule has 5 N–H and O–H groups in total. The summed E-state index contributed by atoms with van der Waals surface area (Å²) in [5, 5.41) is 3.22. The Labute approximate surface area is 125 Å². The Hall–Kier alpha value is -3.10. The van der Waals surface area contributed by atoms with E-state index in [1.165, 1.54) is 6.33 Å². The van der Waals surface area contributed by atoms with E-state index < -0.39 is 12.1 Å². The second-order valence-electron chi connectivity index (χ2n) is 5.05. The van der Waals surface area contributed by atoms with Gasteiger partial charge in [-0.05, 0) is 12.1 Å². The van der Waals surface area contributed by atoms with Crippen LogP contribution in [-0.2, 0) is 4.74 Å². The lowest BCUT2D eigenvalue weighted by atomic mass is 10.0. The first-order chi connectivity index (χ1) is 10.6. The van der Waals surface area contributed by atoms with Gasteiger partial charge in [0.05, 0.1) is 12.0 Å². The summed E-state index contributed by atoms with van der Waals surface area (Å²) in [6, 6.07) is 5.34. The topological polar surface area (TPSA) is 133 Å². The standard InChI is InChI=1S/C13H13N7O2/c14-10(21)8-11-18-7(6-3-1-2-4-16-6)9-12(19-13(15)22-9)20(11)5-17-8/h1-5,7,9,12,18H,(H2,14,21)(H2,15,19)/t7-,9-,12+/m1/s1. The third-order valence-corrected chi connectivity index (χ3v) is 3.75. The number of aliphatic imine (C=N–C) groups is 1. The van der Waals surface area contributed by atoms with E-state index in [1.807, 2.05) is 18.2 Å². The van der Waals surface area contributed by atoms with Gasteiger partial charge in [-0.2, -0.15) is 0 Å². The Morgan fingerprint density at radius 3 is 2.95 bits per heavy atom. The smallest absolute Gasteiger partial charge is 0.284 e. The van der Waals surface area contributed by atoms with Crippen LogP contribution in [-0.4, -0.2) is 32.6 Å². The number of primary amides is 1. The normalized spacial score (nSPS) is 25.5. The molecule has 0 spiro atoms. The molecule has 0 aliphatic carbocycles. The van der Waals surface area contributed by atoms with Crippen molar-refractivity contribution in [3.63, 3.8) is 0 Å². The summed E-state index contributed by atoms with van der Waals surface area (Å²) < 4.78 is 7.32. The maximum atomic E-state index is 11.5. The number of hydrogen-bond donors (Lipinski definition) is 3. The monoisotopic (exact) mass is 299 g/mol. The molecule has 2 aliphatic rings. The molecular formula is C13H13N7O2. The average Bonchev–Trinajstić information content (AvgIpc) is 3.09. The average molecular weight is 299 g/mol.